The van der Waals surface area contributed by atoms with Crippen molar-refractivity contribution in [3.05, 3.63) is 0 Å². The van der Waals surface area contributed by atoms with Crippen molar-refractivity contribution in [2.75, 3.05) is 13.1 Å². The van der Waals surface area contributed by atoms with Gasteiger partial charge in [-0.15, -0.1) is 0 Å². The molecule has 1 aliphatic heterocycles. The summed E-state index contributed by atoms with van der Waals surface area (Å²) in [4.78, 5) is 12.7. The van der Waals surface area contributed by atoms with Gasteiger partial charge < -0.3 is 10.0 Å². The number of likely N-dealkylation sites (tertiary alicyclic amines) is 1. The summed E-state index contributed by atoms with van der Waals surface area (Å²) in [6.45, 7) is 3.41. The van der Waals surface area contributed by atoms with Crippen LogP contribution in [0.4, 0.5) is 13.2 Å². The van der Waals surface area contributed by atoms with Gasteiger partial charge in [-0.1, -0.05) is 0 Å². The first-order chi connectivity index (χ1) is 8.28. The Morgan fingerprint density at radius 1 is 1.50 bits per heavy atom. The van der Waals surface area contributed by atoms with E-state index in [1.54, 1.807) is 0 Å². The third kappa shape index (κ3) is 5.71. The SMILES string of the molecule is CC(CCCC(F)(F)F)N1CCC(CC(=O)O)C1. The Morgan fingerprint density at radius 2 is 2.17 bits per heavy atom. The number of carboxylic acid groups (broad SMARTS) is 1. The van der Waals surface area contributed by atoms with Crippen LogP contribution >= 0.6 is 0 Å². The van der Waals surface area contributed by atoms with Gasteiger partial charge in [0.15, 0.2) is 0 Å². The monoisotopic (exact) mass is 267 g/mol. The Morgan fingerprint density at radius 3 is 2.72 bits per heavy atom. The number of halogens is 3. The topological polar surface area (TPSA) is 40.5 Å². The molecule has 18 heavy (non-hydrogen) atoms. The maximum absolute atomic E-state index is 12.0. The summed E-state index contributed by atoms with van der Waals surface area (Å²) in [6.07, 6.45) is -3.16. The standard InChI is InChI=1S/C12H20F3NO2/c1-9(3-2-5-12(13,14)15)16-6-4-10(8-16)7-11(17)18/h9-10H,2-8H2,1H3,(H,17,18). The van der Waals surface area contributed by atoms with Crippen LogP contribution in [0.15, 0.2) is 0 Å². The molecule has 1 saturated heterocycles. The van der Waals surface area contributed by atoms with E-state index in [1.807, 2.05) is 6.92 Å². The second kappa shape index (κ2) is 6.41. The van der Waals surface area contributed by atoms with Crippen molar-refractivity contribution in [2.45, 2.75) is 51.2 Å². The second-order valence-corrected chi connectivity index (χ2v) is 5.10. The molecule has 0 bridgehead atoms. The number of carbonyl (C=O) groups is 1. The van der Waals surface area contributed by atoms with Gasteiger partial charge in [0.05, 0.1) is 0 Å². The molecule has 2 unspecified atom stereocenters. The van der Waals surface area contributed by atoms with E-state index in [2.05, 4.69) is 4.90 Å². The number of alkyl halides is 3. The fourth-order valence-electron chi connectivity index (χ4n) is 2.46. The molecule has 1 rings (SSSR count). The highest BCUT2D eigenvalue weighted by atomic mass is 19.4. The van der Waals surface area contributed by atoms with E-state index >= 15 is 0 Å². The van der Waals surface area contributed by atoms with Crippen LogP contribution in [0.1, 0.15) is 39.0 Å². The summed E-state index contributed by atoms with van der Waals surface area (Å²) >= 11 is 0. The van der Waals surface area contributed by atoms with E-state index < -0.39 is 18.6 Å². The van der Waals surface area contributed by atoms with Crippen molar-refractivity contribution in [2.24, 2.45) is 5.92 Å². The molecule has 1 heterocycles. The van der Waals surface area contributed by atoms with Gasteiger partial charge in [-0.2, -0.15) is 13.2 Å². The molecule has 1 aliphatic rings. The fourth-order valence-corrected chi connectivity index (χ4v) is 2.46. The third-order valence-corrected chi connectivity index (χ3v) is 3.49. The molecular formula is C12H20F3NO2. The van der Waals surface area contributed by atoms with Gasteiger partial charge in [0.1, 0.15) is 0 Å². The molecule has 0 amide bonds. The van der Waals surface area contributed by atoms with Crippen LogP contribution in [0.5, 0.6) is 0 Å². The molecule has 0 aromatic carbocycles. The highest BCUT2D eigenvalue weighted by Gasteiger charge is 2.29. The van der Waals surface area contributed by atoms with Crippen molar-refractivity contribution < 1.29 is 23.1 Å². The van der Waals surface area contributed by atoms with Crippen LogP contribution in [0.3, 0.4) is 0 Å². The summed E-state index contributed by atoms with van der Waals surface area (Å²) in [5.41, 5.74) is 0. The minimum atomic E-state index is -4.07. The Balaban J connectivity index is 2.23. The molecule has 106 valence electrons. The van der Waals surface area contributed by atoms with Crippen molar-refractivity contribution in [3.8, 4) is 0 Å². The summed E-state index contributed by atoms with van der Waals surface area (Å²) in [5, 5.41) is 8.69. The lowest BCUT2D eigenvalue weighted by molar-refractivity contribution is -0.138. The molecule has 1 N–H and O–H groups in total. The van der Waals surface area contributed by atoms with E-state index in [4.69, 9.17) is 5.11 Å². The van der Waals surface area contributed by atoms with E-state index in [1.165, 1.54) is 0 Å². The van der Waals surface area contributed by atoms with Crippen LogP contribution in [0, 0.1) is 5.92 Å². The number of aliphatic carboxylic acids is 1. The summed E-state index contributed by atoms with van der Waals surface area (Å²) in [6, 6.07) is 0.103. The first-order valence-corrected chi connectivity index (χ1v) is 6.30. The van der Waals surface area contributed by atoms with Crippen molar-refractivity contribution in [1.29, 1.82) is 0 Å². The van der Waals surface area contributed by atoms with E-state index in [0.29, 0.717) is 13.0 Å². The predicted octanol–water partition coefficient (Wildman–Crippen LogP) is 2.90. The average Bonchev–Trinajstić information content (AvgIpc) is 2.63. The number of carboxylic acids is 1. The molecule has 6 heteroatoms. The first kappa shape index (κ1) is 15.3. The number of nitrogens with zero attached hydrogens (tertiary/aromatic N) is 1. The Bertz CT molecular complexity index is 281. The first-order valence-electron chi connectivity index (χ1n) is 6.30. The van der Waals surface area contributed by atoms with Crippen LogP contribution in [0.25, 0.3) is 0 Å². The molecule has 2 atom stereocenters. The van der Waals surface area contributed by atoms with Gasteiger partial charge in [0.25, 0.3) is 0 Å². The lowest BCUT2D eigenvalue weighted by Crippen LogP contribution is -2.31. The van der Waals surface area contributed by atoms with Gasteiger partial charge >= 0.3 is 12.1 Å². The van der Waals surface area contributed by atoms with Crippen molar-refractivity contribution in [1.82, 2.24) is 4.90 Å². The second-order valence-electron chi connectivity index (χ2n) is 5.10. The molecule has 0 aromatic heterocycles. The number of rotatable bonds is 6. The zero-order valence-electron chi connectivity index (χ0n) is 10.5. The van der Waals surface area contributed by atoms with Gasteiger partial charge in [-0.3, -0.25) is 4.79 Å². The lowest BCUT2D eigenvalue weighted by Gasteiger charge is -2.24. The fraction of sp³-hybridized carbons (Fsp3) is 0.917. The van der Waals surface area contributed by atoms with Gasteiger partial charge in [0.2, 0.25) is 0 Å². The van der Waals surface area contributed by atoms with Gasteiger partial charge in [-0.05, 0) is 38.6 Å². The Labute approximate surface area is 105 Å². The maximum Gasteiger partial charge on any atom is 0.389 e. The lowest BCUT2D eigenvalue weighted by atomic mass is 10.1. The van der Waals surface area contributed by atoms with Gasteiger partial charge in [-0.25, -0.2) is 0 Å². The maximum atomic E-state index is 12.0. The Hall–Kier alpha value is -0.780. The summed E-state index contributed by atoms with van der Waals surface area (Å²) in [5.74, 6) is -0.654. The van der Waals surface area contributed by atoms with Crippen molar-refractivity contribution in [3.63, 3.8) is 0 Å². The number of hydrogen-bond acceptors (Lipinski definition) is 2. The predicted molar refractivity (Wildman–Crippen MR) is 61.3 cm³/mol. The third-order valence-electron chi connectivity index (χ3n) is 3.49. The largest absolute Gasteiger partial charge is 0.481 e. The molecule has 0 saturated carbocycles. The molecule has 0 aromatic rings. The van der Waals surface area contributed by atoms with Crippen LogP contribution in [0.2, 0.25) is 0 Å². The quantitative estimate of drug-likeness (QED) is 0.804. The highest BCUT2D eigenvalue weighted by molar-refractivity contribution is 5.67. The number of hydrogen-bond donors (Lipinski definition) is 1. The zero-order valence-corrected chi connectivity index (χ0v) is 10.5. The normalized spacial score (nSPS) is 23.2. The van der Waals surface area contributed by atoms with Crippen LogP contribution in [-0.2, 0) is 4.79 Å². The summed E-state index contributed by atoms with van der Waals surface area (Å²) < 4.78 is 36.0. The minimum absolute atomic E-state index is 0.103. The molecule has 1 fully saturated rings. The van der Waals surface area contributed by atoms with E-state index in [0.717, 1.165) is 13.0 Å². The molecule has 0 spiro atoms. The van der Waals surface area contributed by atoms with Crippen LogP contribution < -0.4 is 0 Å². The smallest absolute Gasteiger partial charge is 0.389 e. The highest BCUT2D eigenvalue weighted by Crippen LogP contribution is 2.26. The van der Waals surface area contributed by atoms with E-state index in [-0.39, 0.29) is 24.8 Å². The zero-order chi connectivity index (χ0) is 13.8. The average molecular weight is 267 g/mol. The minimum Gasteiger partial charge on any atom is -0.481 e. The van der Waals surface area contributed by atoms with Crippen LogP contribution in [-0.4, -0.2) is 41.3 Å². The van der Waals surface area contributed by atoms with Crippen molar-refractivity contribution >= 4 is 5.97 Å². The molecular weight excluding hydrogens is 247 g/mol. The molecule has 0 aliphatic carbocycles. The Kier molecular flexibility index (Phi) is 5.44. The summed E-state index contributed by atoms with van der Waals surface area (Å²) in [7, 11) is 0. The van der Waals surface area contributed by atoms with Gasteiger partial charge in [0, 0.05) is 25.4 Å². The molecule has 3 nitrogen and oxygen atoms in total. The molecule has 0 radical (unpaired) electrons. The van der Waals surface area contributed by atoms with E-state index in [9.17, 15) is 18.0 Å².